The van der Waals surface area contributed by atoms with Gasteiger partial charge in [0, 0.05) is 5.75 Å². The van der Waals surface area contributed by atoms with Crippen LogP contribution in [0.15, 0.2) is 0 Å². The fourth-order valence-electron chi connectivity index (χ4n) is 2.38. The predicted molar refractivity (Wildman–Crippen MR) is 87.0 cm³/mol. The Bertz CT molecular complexity index is 123. The summed E-state index contributed by atoms with van der Waals surface area (Å²) in [7, 11) is 0. The highest BCUT2D eigenvalue weighted by Gasteiger charge is 1.93. The van der Waals surface area contributed by atoms with Crippen LogP contribution in [-0.4, -0.2) is 5.75 Å². The molecule has 2 heteroatoms. The number of unbranched alkanes of at least 4 members (excludes halogenated alkanes) is 13. The van der Waals surface area contributed by atoms with Gasteiger partial charge in [-0.1, -0.05) is 102 Å². The van der Waals surface area contributed by atoms with E-state index in [1.807, 2.05) is 0 Å². The zero-order valence-corrected chi connectivity index (χ0v) is 13.4. The molecule has 0 amide bonds. The average molecular weight is 274 g/mol. The lowest BCUT2D eigenvalue weighted by atomic mass is 10.0. The Morgan fingerprint density at radius 2 is 0.889 bits per heavy atom. The van der Waals surface area contributed by atoms with Crippen molar-refractivity contribution in [2.75, 3.05) is 5.75 Å². The molecule has 0 radical (unpaired) electrons. The van der Waals surface area contributed by atoms with Crippen molar-refractivity contribution >= 4 is 11.9 Å². The van der Waals surface area contributed by atoms with E-state index in [0.29, 0.717) is 0 Å². The summed E-state index contributed by atoms with van der Waals surface area (Å²) in [5.41, 5.74) is 0. The Morgan fingerprint density at radius 3 is 1.22 bits per heavy atom. The van der Waals surface area contributed by atoms with Crippen molar-refractivity contribution in [1.29, 1.82) is 0 Å². The molecule has 0 atom stereocenters. The average Bonchev–Trinajstić information content (AvgIpc) is 2.39. The molecule has 0 spiro atoms. The molecular weight excluding hydrogens is 238 g/mol. The molecule has 0 aliphatic rings. The van der Waals surface area contributed by atoms with Gasteiger partial charge in [-0.3, -0.25) is 5.14 Å². The minimum absolute atomic E-state index is 1.14. The Morgan fingerprint density at radius 1 is 0.556 bits per heavy atom. The minimum Gasteiger partial charge on any atom is -0.278 e. The highest BCUT2D eigenvalue weighted by atomic mass is 32.2. The van der Waals surface area contributed by atoms with E-state index in [1.54, 1.807) is 0 Å². The lowest BCUT2D eigenvalue weighted by Gasteiger charge is -2.02. The SMILES string of the molecule is CCCCCCCCCCCCCCCCSN. The van der Waals surface area contributed by atoms with Crippen LogP contribution in [-0.2, 0) is 0 Å². The van der Waals surface area contributed by atoms with Crippen LogP contribution >= 0.6 is 11.9 Å². The van der Waals surface area contributed by atoms with Gasteiger partial charge in [-0.05, 0) is 6.42 Å². The second-order valence-electron chi connectivity index (χ2n) is 5.47. The largest absolute Gasteiger partial charge is 0.278 e. The monoisotopic (exact) mass is 273 g/mol. The second kappa shape index (κ2) is 17.3. The number of hydrogen-bond acceptors (Lipinski definition) is 2. The lowest BCUT2D eigenvalue weighted by Crippen LogP contribution is -1.86. The van der Waals surface area contributed by atoms with E-state index < -0.39 is 0 Å². The lowest BCUT2D eigenvalue weighted by molar-refractivity contribution is 0.538. The Hall–Kier alpha value is 0.310. The standard InChI is InChI=1S/C16H35NS/c1-2-3-4-5-6-7-8-9-10-11-12-13-14-15-16-18-17/h2-17H2,1H3. The molecule has 0 saturated carbocycles. The first-order valence-electron chi connectivity index (χ1n) is 8.23. The highest BCUT2D eigenvalue weighted by molar-refractivity contribution is 7.97. The van der Waals surface area contributed by atoms with Crippen LogP contribution in [0.3, 0.4) is 0 Å². The van der Waals surface area contributed by atoms with Crippen molar-refractivity contribution in [1.82, 2.24) is 0 Å². The van der Waals surface area contributed by atoms with Crippen molar-refractivity contribution in [2.24, 2.45) is 5.14 Å². The zero-order chi connectivity index (χ0) is 13.3. The topological polar surface area (TPSA) is 26.0 Å². The van der Waals surface area contributed by atoms with Gasteiger partial charge < -0.3 is 0 Å². The van der Waals surface area contributed by atoms with E-state index in [4.69, 9.17) is 5.14 Å². The second-order valence-corrected chi connectivity index (χ2v) is 6.21. The van der Waals surface area contributed by atoms with Crippen LogP contribution in [0.1, 0.15) is 96.8 Å². The smallest absolute Gasteiger partial charge is 0.00764 e. The molecular formula is C16H35NS. The van der Waals surface area contributed by atoms with Crippen LogP contribution in [0.5, 0.6) is 0 Å². The summed E-state index contributed by atoms with van der Waals surface area (Å²) in [6, 6.07) is 0. The van der Waals surface area contributed by atoms with Crippen molar-refractivity contribution in [3.63, 3.8) is 0 Å². The fraction of sp³-hybridized carbons (Fsp3) is 1.00. The quantitative estimate of drug-likeness (QED) is 0.289. The molecule has 18 heavy (non-hydrogen) atoms. The Labute approximate surface area is 120 Å². The molecule has 0 aromatic heterocycles. The van der Waals surface area contributed by atoms with Gasteiger partial charge in [0.25, 0.3) is 0 Å². The molecule has 0 saturated heterocycles. The molecule has 0 aromatic carbocycles. The molecule has 0 aromatic rings. The van der Waals surface area contributed by atoms with Crippen LogP contribution in [0.2, 0.25) is 0 Å². The van der Waals surface area contributed by atoms with E-state index in [2.05, 4.69) is 6.92 Å². The zero-order valence-electron chi connectivity index (χ0n) is 12.6. The minimum atomic E-state index is 1.14. The molecule has 0 aliphatic carbocycles. The van der Waals surface area contributed by atoms with Gasteiger partial charge in [0.2, 0.25) is 0 Å². The van der Waals surface area contributed by atoms with Gasteiger partial charge in [-0.15, -0.1) is 0 Å². The summed E-state index contributed by atoms with van der Waals surface area (Å²) in [5, 5.41) is 5.39. The molecule has 0 aliphatic heterocycles. The molecule has 2 N–H and O–H groups in total. The Balaban J connectivity index is 2.86. The van der Waals surface area contributed by atoms with Gasteiger partial charge in [0.1, 0.15) is 0 Å². The summed E-state index contributed by atoms with van der Waals surface area (Å²) < 4.78 is 0. The summed E-state index contributed by atoms with van der Waals surface area (Å²) in [5.74, 6) is 1.14. The first-order chi connectivity index (χ1) is 8.91. The third-order valence-electron chi connectivity index (χ3n) is 3.62. The van der Waals surface area contributed by atoms with E-state index in [9.17, 15) is 0 Å². The van der Waals surface area contributed by atoms with Crippen molar-refractivity contribution in [2.45, 2.75) is 96.8 Å². The Kier molecular flexibility index (Phi) is 17.6. The molecule has 0 rings (SSSR count). The molecule has 0 fully saturated rings. The fourth-order valence-corrected chi connectivity index (χ4v) is 2.75. The van der Waals surface area contributed by atoms with Crippen LogP contribution < -0.4 is 5.14 Å². The maximum atomic E-state index is 5.39. The molecule has 1 nitrogen and oxygen atoms in total. The number of rotatable bonds is 15. The summed E-state index contributed by atoms with van der Waals surface area (Å²) in [4.78, 5) is 0. The predicted octanol–water partition coefficient (Wildman–Crippen LogP) is 6.07. The number of nitrogens with two attached hydrogens (primary N) is 1. The molecule has 0 unspecified atom stereocenters. The van der Waals surface area contributed by atoms with Crippen molar-refractivity contribution in [3.05, 3.63) is 0 Å². The van der Waals surface area contributed by atoms with Gasteiger partial charge in [-0.2, -0.15) is 0 Å². The summed E-state index contributed by atoms with van der Waals surface area (Å²) in [6.07, 6.45) is 20.0. The molecule has 110 valence electrons. The van der Waals surface area contributed by atoms with Gasteiger partial charge >= 0.3 is 0 Å². The van der Waals surface area contributed by atoms with E-state index in [0.717, 1.165) is 5.75 Å². The summed E-state index contributed by atoms with van der Waals surface area (Å²) in [6.45, 7) is 2.29. The van der Waals surface area contributed by atoms with E-state index in [-0.39, 0.29) is 0 Å². The normalized spacial score (nSPS) is 11.0. The number of hydrogen-bond donors (Lipinski definition) is 1. The van der Waals surface area contributed by atoms with Crippen molar-refractivity contribution in [3.8, 4) is 0 Å². The van der Waals surface area contributed by atoms with Crippen LogP contribution in [0.4, 0.5) is 0 Å². The van der Waals surface area contributed by atoms with Crippen LogP contribution in [0.25, 0.3) is 0 Å². The van der Waals surface area contributed by atoms with E-state index >= 15 is 0 Å². The van der Waals surface area contributed by atoms with E-state index in [1.165, 1.54) is 102 Å². The third kappa shape index (κ3) is 16.3. The van der Waals surface area contributed by atoms with Gasteiger partial charge in [0.15, 0.2) is 0 Å². The third-order valence-corrected chi connectivity index (χ3v) is 4.14. The molecule has 0 heterocycles. The van der Waals surface area contributed by atoms with Gasteiger partial charge in [0.05, 0.1) is 0 Å². The van der Waals surface area contributed by atoms with Gasteiger partial charge in [-0.25, -0.2) is 0 Å². The maximum Gasteiger partial charge on any atom is 0.00764 e. The first kappa shape index (κ1) is 18.3. The first-order valence-corrected chi connectivity index (χ1v) is 9.28. The summed E-state index contributed by atoms with van der Waals surface area (Å²) >= 11 is 1.49. The molecule has 0 bridgehead atoms. The maximum absolute atomic E-state index is 5.39. The highest BCUT2D eigenvalue weighted by Crippen LogP contribution is 2.13. The van der Waals surface area contributed by atoms with Crippen molar-refractivity contribution < 1.29 is 0 Å². The van der Waals surface area contributed by atoms with Crippen LogP contribution in [0, 0.1) is 0 Å².